The van der Waals surface area contributed by atoms with Crippen LogP contribution >= 0.6 is 0 Å². The maximum Gasteiger partial charge on any atom is 0.164 e. The first-order chi connectivity index (χ1) is 24.7. The molecule has 9 rings (SSSR count). The van der Waals surface area contributed by atoms with E-state index in [0.717, 1.165) is 33.4 Å². The lowest BCUT2D eigenvalue weighted by molar-refractivity contribution is 1.07. The van der Waals surface area contributed by atoms with E-state index in [1.807, 2.05) is 12.1 Å². The van der Waals surface area contributed by atoms with E-state index >= 15 is 0 Å². The molecule has 0 saturated carbocycles. The molecule has 0 unspecified atom stereocenters. The Balaban J connectivity index is 1.12. The number of rotatable bonds is 6. The zero-order valence-electron chi connectivity index (χ0n) is 27.2. The highest BCUT2D eigenvalue weighted by Gasteiger charge is 2.14. The van der Waals surface area contributed by atoms with Crippen LogP contribution in [-0.2, 0) is 0 Å². The number of fused-ring (bicyclic) bond motifs is 3. The molecule has 0 spiro atoms. The fourth-order valence-corrected chi connectivity index (χ4v) is 6.64. The highest BCUT2D eigenvalue weighted by atomic mass is 15.0. The van der Waals surface area contributed by atoms with Crippen molar-refractivity contribution in [1.82, 2.24) is 15.0 Å². The van der Waals surface area contributed by atoms with Gasteiger partial charge in [-0.1, -0.05) is 182 Å². The Labute approximate surface area is 291 Å². The Kier molecular flexibility index (Phi) is 7.49. The number of nitrogens with zero attached hydrogens (tertiary/aromatic N) is 3. The van der Waals surface area contributed by atoms with E-state index in [9.17, 15) is 0 Å². The van der Waals surface area contributed by atoms with Gasteiger partial charge in [0.05, 0.1) is 0 Å². The first-order valence-electron chi connectivity index (χ1n) is 16.9. The van der Waals surface area contributed by atoms with Gasteiger partial charge in [-0.25, -0.2) is 15.0 Å². The van der Waals surface area contributed by atoms with Crippen LogP contribution in [0.5, 0.6) is 0 Å². The molecule has 0 fully saturated rings. The number of benzene rings is 8. The van der Waals surface area contributed by atoms with Crippen molar-refractivity contribution in [2.24, 2.45) is 0 Å². The molecule has 0 amide bonds. The molecule has 50 heavy (non-hydrogen) atoms. The van der Waals surface area contributed by atoms with Crippen LogP contribution in [0.2, 0.25) is 0 Å². The van der Waals surface area contributed by atoms with E-state index in [2.05, 4.69) is 176 Å². The molecule has 0 bridgehead atoms. The van der Waals surface area contributed by atoms with Gasteiger partial charge in [0, 0.05) is 16.7 Å². The number of aromatic nitrogens is 3. The average Bonchev–Trinajstić information content (AvgIpc) is 3.21. The largest absolute Gasteiger partial charge is 0.208 e. The normalized spacial score (nSPS) is 11.2. The maximum absolute atomic E-state index is 5.08. The lowest BCUT2D eigenvalue weighted by Gasteiger charge is -2.11. The van der Waals surface area contributed by atoms with Crippen molar-refractivity contribution in [3.63, 3.8) is 0 Å². The monoisotopic (exact) mass is 637 g/mol. The zero-order chi connectivity index (χ0) is 33.3. The Morgan fingerprint density at radius 1 is 0.220 bits per heavy atom. The molecule has 1 heterocycles. The van der Waals surface area contributed by atoms with Gasteiger partial charge in [0.2, 0.25) is 0 Å². The molecule has 3 heteroatoms. The highest BCUT2D eigenvalue weighted by molar-refractivity contribution is 6.08. The van der Waals surface area contributed by atoms with Crippen molar-refractivity contribution in [1.29, 1.82) is 0 Å². The fraction of sp³-hybridized carbons (Fsp3) is 0. The molecule has 0 saturated heterocycles. The van der Waals surface area contributed by atoms with Crippen molar-refractivity contribution in [3.05, 3.63) is 188 Å². The second kappa shape index (κ2) is 12.7. The first-order valence-corrected chi connectivity index (χ1v) is 16.9. The second-order valence-electron chi connectivity index (χ2n) is 12.5. The van der Waals surface area contributed by atoms with Crippen molar-refractivity contribution >= 4 is 21.5 Å². The second-order valence-corrected chi connectivity index (χ2v) is 12.5. The van der Waals surface area contributed by atoms with E-state index in [1.54, 1.807) is 0 Å². The van der Waals surface area contributed by atoms with Gasteiger partial charge in [0.25, 0.3) is 0 Å². The summed E-state index contributed by atoms with van der Waals surface area (Å²) in [5, 5.41) is 4.79. The van der Waals surface area contributed by atoms with Crippen LogP contribution < -0.4 is 0 Å². The minimum Gasteiger partial charge on any atom is -0.208 e. The molecule has 0 aliphatic heterocycles. The summed E-state index contributed by atoms with van der Waals surface area (Å²) in [6, 6.07) is 65.9. The van der Waals surface area contributed by atoms with E-state index in [-0.39, 0.29) is 0 Å². The summed E-state index contributed by atoms with van der Waals surface area (Å²) in [7, 11) is 0. The van der Waals surface area contributed by atoms with Gasteiger partial charge in [-0.3, -0.25) is 0 Å². The van der Waals surface area contributed by atoms with Crippen LogP contribution in [0, 0.1) is 0 Å². The molecule has 0 aliphatic rings. The molecule has 9 aromatic rings. The summed E-state index contributed by atoms with van der Waals surface area (Å²) in [5.74, 6) is 1.93. The Bertz CT molecular complexity index is 2590. The fourth-order valence-electron chi connectivity index (χ4n) is 6.64. The van der Waals surface area contributed by atoms with E-state index in [0.29, 0.717) is 17.5 Å². The Morgan fingerprint density at radius 3 is 1.02 bits per heavy atom. The van der Waals surface area contributed by atoms with Gasteiger partial charge in [0.15, 0.2) is 17.5 Å². The van der Waals surface area contributed by atoms with Crippen molar-refractivity contribution in [3.8, 4) is 67.5 Å². The van der Waals surface area contributed by atoms with Crippen molar-refractivity contribution in [2.75, 3.05) is 0 Å². The maximum atomic E-state index is 5.08. The van der Waals surface area contributed by atoms with Crippen LogP contribution in [0.25, 0.3) is 89.1 Å². The third kappa shape index (κ3) is 5.72. The van der Waals surface area contributed by atoms with Gasteiger partial charge in [0.1, 0.15) is 0 Å². The summed E-state index contributed by atoms with van der Waals surface area (Å²) in [6.07, 6.45) is 0. The summed E-state index contributed by atoms with van der Waals surface area (Å²) in [5.41, 5.74) is 9.88. The standard InChI is InChI=1S/C47H31N3/c1-3-9-32(10-4-1)34-15-17-36(18-16-34)37-21-28-41(29-22-37)46-48-45(40-26-19-35(20-27-40)33-11-5-2-6-12-33)49-47(50-46)42-30-25-39-24-23-38-13-7-8-14-43(38)44(39)31-42/h1-31H. The van der Waals surface area contributed by atoms with E-state index in [1.165, 1.54) is 38.2 Å². The van der Waals surface area contributed by atoms with Gasteiger partial charge in [-0.05, 0) is 61.0 Å². The lowest BCUT2D eigenvalue weighted by Crippen LogP contribution is -2.00. The molecule has 8 aromatic carbocycles. The van der Waals surface area contributed by atoms with Gasteiger partial charge in [-0.15, -0.1) is 0 Å². The molecule has 0 atom stereocenters. The molecule has 0 N–H and O–H groups in total. The molecule has 234 valence electrons. The lowest BCUT2D eigenvalue weighted by atomic mass is 9.99. The summed E-state index contributed by atoms with van der Waals surface area (Å²) < 4.78 is 0. The molecule has 3 nitrogen and oxygen atoms in total. The molecule has 1 aromatic heterocycles. The smallest absolute Gasteiger partial charge is 0.164 e. The summed E-state index contributed by atoms with van der Waals surface area (Å²) >= 11 is 0. The van der Waals surface area contributed by atoms with Crippen LogP contribution in [0.1, 0.15) is 0 Å². The van der Waals surface area contributed by atoms with E-state index < -0.39 is 0 Å². The molecule has 0 radical (unpaired) electrons. The third-order valence-corrected chi connectivity index (χ3v) is 9.36. The Morgan fingerprint density at radius 2 is 0.540 bits per heavy atom. The van der Waals surface area contributed by atoms with Crippen LogP contribution in [0.15, 0.2) is 188 Å². The molecular weight excluding hydrogens is 607 g/mol. The SMILES string of the molecule is c1ccc(-c2ccc(-c3ccc(-c4nc(-c5ccc(-c6ccccc6)cc5)nc(-c5ccc6ccc7ccccc7c6c5)n4)cc3)cc2)cc1. The van der Waals surface area contributed by atoms with Crippen molar-refractivity contribution in [2.45, 2.75) is 0 Å². The number of hydrogen-bond donors (Lipinski definition) is 0. The van der Waals surface area contributed by atoms with Gasteiger partial charge < -0.3 is 0 Å². The average molecular weight is 638 g/mol. The quantitative estimate of drug-likeness (QED) is 0.170. The summed E-state index contributed by atoms with van der Waals surface area (Å²) in [4.78, 5) is 15.2. The minimum absolute atomic E-state index is 0.640. The van der Waals surface area contributed by atoms with Crippen LogP contribution in [0.4, 0.5) is 0 Å². The van der Waals surface area contributed by atoms with Gasteiger partial charge in [-0.2, -0.15) is 0 Å². The predicted octanol–water partition coefficient (Wildman–Crippen LogP) is 12.2. The third-order valence-electron chi connectivity index (χ3n) is 9.36. The highest BCUT2D eigenvalue weighted by Crippen LogP contribution is 2.32. The molecule has 0 aliphatic carbocycles. The minimum atomic E-state index is 0.640. The topological polar surface area (TPSA) is 38.7 Å². The Hall–Kier alpha value is -6.71. The van der Waals surface area contributed by atoms with Gasteiger partial charge >= 0.3 is 0 Å². The number of hydrogen-bond acceptors (Lipinski definition) is 3. The first kappa shape index (κ1) is 29.4. The predicted molar refractivity (Wildman–Crippen MR) is 207 cm³/mol. The summed E-state index contributed by atoms with van der Waals surface area (Å²) in [6.45, 7) is 0. The van der Waals surface area contributed by atoms with Crippen molar-refractivity contribution < 1.29 is 0 Å². The van der Waals surface area contributed by atoms with E-state index in [4.69, 9.17) is 15.0 Å². The molecular formula is C47H31N3. The van der Waals surface area contributed by atoms with Crippen LogP contribution in [-0.4, -0.2) is 15.0 Å². The van der Waals surface area contributed by atoms with Crippen LogP contribution in [0.3, 0.4) is 0 Å². The zero-order valence-corrected chi connectivity index (χ0v) is 27.2.